The maximum atomic E-state index is 2.38. The van der Waals surface area contributed by atoms with Crippen LogP contribution in [-0.2, 0) is 0 Å². The molecule has 0 aliphatic heterocycles. The lowest BCUT2D eigenvalue weighted by Crippen LogP contribution is -2.02. The largest absolute Gasteiger partial charge is 0.0654 e. The molecule has 1 rings (SSSR count). The van der Waals surface area contributed by atoms with Crippen molar-refractivity contribution in [3.05, 3.63) is 0 Å². The van der Waals surface area contributed by atoms with Crippen LogP contribution in [0.2, 0.25) is 0 Å². The summed E-state index contributed by atoms with van der Waals surface area (Å²) in [6.45, 7) is 13.7. The Morgan fingerprint density at radius 3 is 1.88 bits per heavy atom. The van der Waals surface area contributed by atoms with Crippen LogP contribution in [0.5, 0.6) is 0 Å². The predicted molar refractivity (Wildman–Crippen MR) is 75.8 cm³/mol. The Morgan fingerprint density at radius 2 is 1.62 bits per heavy atom. The van der Waals surface area contributed by atoms with E-state index in [9.17, 15) is 0 Å². The highest BCUT2D eigenvalue weighted by molar-refractivity contribution is 4.71. The Morgan fingerprint density at radius 1 is 1.00 bits per heavy atom. The minimum absolute atomic E-state index is 0.550. The number of rotatable bonds is 3. The van der Waals surface area contributed by atoms with Crippen LogP contribution in [0.1, 0.15) is 86.5 Å². The Kier molecular flexibility index (Phi) is 8.14. The predicted octanol–water partition coefficient (Wildman–Crippen LogP) is 6.06. The van der Waals surface area contributed by atoms with E-state index in [1.807, 2.05) is 0 Å². The second-order valence-corrected chi connectivity index (χ2v) is 6.88. The van der Waals surface area contributed by atoms with Crippen LogP contribution in [0.15, 0.2) is 0 Å². The highest BCUT2D eigenvalue weighted by Crippen LogP contribution is 2.32. The first kappa shape index (κ1) is 16.0. The van der Waals surface area contributed by atoms with E-state index < -0.39 is 0 Å². The Bertz CT molecular complexity index is 150. The lowest BCUT2D eigenvalue weighted by molar-refractivity contribution is 0.373. The van der Waals surface area contributed by atoms with Crippen LogP contribution in [0.4, 0.5) is 0 Å². The molecule has 0 bridgehead atoms. The van der Waals surface area contributed by atoms with Crippen molar-refractivity contribution in [3.63, 3.8) is 0 Å². The molecule has 1 aliphatic rings. The first-order valence-electron chi connectivity index (χ1n) is 7.39. The summed E-state index contributed by atoms with van der Waals surface area (Å²) in [5, 5.41) is 0. The molecule has 2 unspecified atom stereocenters. The van der Waals surface area contributed by atoms with Gasteiger partial charge in [-0.1, -0.05) is 73.6 Å². The van der Waals surface area contributed by atoms with Gasteiger partial charge in [0, 0.05) is 0 Å². The quantitative estimate of drug-likeness (QED) is 0.549. The molecule has 16 heavy (non-hydrogen) atoms. The van der Waals surface area contributed by atoms with Gasteiger partial charge in [-0.2, -0.15) is 0 Å². The lowest BCUT2D eigenvalue weighted by Gasteiger charge is -2.15. The topological polar surface area (TPSA) is 0 Å². The van der Waals surface area contributed by atoms with E-state index in [4.69, 9.17) is 0 Å². The van der Waals surface area contributed by atoms with Crippen LogP contribution >= 0.6 is 0 Å². The third-order valence-corrected chi connectivity index (χ3v) is 3.50. The van der Waals surface area contributed by atoms with Gasteiger partial charge in [-0.15, -0.1) is 0 Å². The smallest absolute Gasteiger partial charge is 0.0383 e. The van der Waals surface area contributed by atoms with Crippen molar-refractivity contribution in [2.45, 2.75) is 86.5 Å². The molecule has 1 fully saturated rings. The molecule has 0 heterocycles. The fourth-order valence-corrected chi connectivity index (χ4v) is 2.75. The minimum atomic E-state index is 0.550. The molecule has 0 heteroatoms. The molecular formula is C16H34. The molecule has 0 amide bonds. The normalized spacial score (nSPS) is 25.1. The molecular weight excluding hydrogens is 192 g/mol. The zero-order chi connectivity index (χ0) is 12.6. The highest BCUT2D eigenvalue weighted by atomic mass is 14.2. The lowest BCUT2D eigenvalue weighted by atomic mass is 9.91. The van der Waals surface area contributed by atoms with Gasteiger partial charge >= 0.3 is 0 Å². The van der Waals surface area contributed by atoms with Gasteiger partial charge in [0.15, 0.2) is 0 Å². The zero-order valence-corrected chi connectivity index (χ0v) is 12.6. The molecule has 1 aliphatic carbocycles. The molecule has 0 aromatic carbocycles. The van der Waals surface area contributed by atoms with Crippen molar-refractivity contribution in [1.82, 2.24) is 0 Å². The molecule has 0 aromatic rings. The second kappa shape index (κ2) is 8.14. The summed E-state index contributed by atoms with van der Waals surface area (Å²) in [4.78, 5) is 0. The molecule has 0 spiro atoms. The van der Waals surface area contributed by atoms with Gasteiger partial charge < -0.3 is 0 Å². The summed E-state index contributed by atoms with van der Waals surface area (Å²) in [5.74, 6) is 2.12. The molecule has 0 radical (unpaired) electrons. The Balaban J connectivity index is 0.000000293. The van der Waals surface area contributed by atoms with E-state index in [0.717, 1.165) is 11.8 Å². The Hall–Kier alpha value is 0. The van der Waals surface area contributed by atoms with Gasteiger partial charge in [-0.25, -0.2) is 0 Å². The molecule has 1 saturated carbocycles. The van der Waals surface area contributed by atoms with Gasteiger partial charge in [0.1, 0.15) is 0 Å². The van der Waals surface area contributed by atoms with E-state index in [2.05, 4.69) is 41.5 Å². The van der Waals surface area contributed by atoms with Gasteiger partial charge in [-0.05, 0) is 30.1 Å². The van der Waals surface area contributed by atoms with E-state index in [1.165, 1.54) is 44.9 Å². The molecule has 0 aromatic heterocycles. The van der Waals surface area contributed by atoms with Gasteiger partial charge in [0.2, 0.25) is 0 Å². The molecule has 0 nitrogen and oxygen atoms in total. The fraction of sp³-hybridized carbons (Fsp3) is 1.00. The van der Waals surface area contributed by atoms with Gasteiger partial charge in [-0.3, -0.25) is 0 Å². The summed E-state index contributed by atoms with van der Waals surface area (Å²) in [5.41, 5.74) is 0.550. The molecule has 98 valence electrons. The summed E-state index contributed by atoms with van der Waals surface area (Å²) in [6, 6.07) is 0. The van der Waals surface area contributed by atoms with Crippen LogP contribution in [0.3, 0.4) is 0 Å². The van der Waals surface area contributed by atoms with Gasteiger partial charge in [0.05, 0.1) is 0 Å². The first-order valence-corrected chi connectivity index (χ1v) is 7.39. The average Bonchev–Trinajstić information content (AvgIpc) is 2.51. The van der Waals surface area contributed by atoms with E-state index >= 15 is 0 Å². The number of hydrogen-bond acceptors (Lipinski definition) is 0. The van der Waals surface area contributed by atoms with Crippen LogP contribution in [-0.4, -0.2) is 0 Å². The third kappa shape index (κ3) is 9.24. The minimum Gasteiger partial charge on any atom is -0.0654 e. The summed E-state index contributed by atoms with van der Waals surface area (Å²) >= 11 is 0. The van der Waals surface area contributed by atoms with Crippen molar-refractivity contribution in [3.8, 4) is 0 Å². The first-order chi connectivity index (χ1) is 7.39. The SMILES string of the molecule is CCCC(C)(C)C.CCCC1CCC(C)C1. The van der Waals surface area contributed by atoms with Crippen molar-refractivity contribution < 1.29 is 0 Å². The van der Waals surface area contributed by atoms with Crippen LogP contribution in [0, 0.1) is 17.3 Å². The summed E-state index contributed by atoms with van der Waals surface area (Å²) < 4.78 is 0. The van der Waals surface area contributed by atoms with Crippen molar-refractivity contribution in [2.24, 2.45) is 17.3 Å². The molecule has 0 N–H and O–H groups in total. The third-order valence-electron chi connectivity index (χ3n) is 3.50. The fourth-order valence-electron chi connectivity index (χ4n) is 2.75. The van der Waals surface area contributed by atoms with E-state index in [0.29, 0.717) is 5.41 Å². The van der Waals surface area contributed by atoms with E-state index in [1.54, 1.807) is 0 Å². The standard InChI is InChI=1S/C9H18.C7H16/c1-3-4-9-6-5-8(2)7-9;1-5-6-7(2,3)4/h8-9H,3-7H2,1-2H3;5-6H2,1-4H3. The average molecular weight is 226 g/mol. The van der Waals surface area contributed by atoms with Crippen molar-refractivity contribution >= 4 is 0 Å². The molecule has 2 atom stereocenters. The monoisotopic (exact) mass is 226 g/mol. The van der Waals surface area contributed by atoms with Crippen LogP contribution < -0.4 is 0 Å². The maximum absolute atomic E-state index is 2.38. The number of hydrogen-bond donors (Lipinski definition) is 0. The van der Waals surface area contributed by atoms with Gasteiger partial charge in [0.25, 0.3) is 0 Å². The van der Waals surface area contributed by atoms with E-state index in [-0.39, 0.29) is 0 Å². The Labute approximate surface area is 104 Å². The van der Waals surface area contributed by atoms with Crippen molar-refractivity contribution in [2.75, 3.05) is 0 Å². The summed E-state index contributed by atoms with van der Waals surface area (Å²) in [6.07, 6.45) is 10.0. The maximum Gasteiger partial charge on any atom is -0.0383 e. The van der Waals surface area contributed by atoms with Crippen LogP contribution in [0.25, 0.3) is 0 Å². The summed E-state index contributed by atoms with van der Waals surface area (Å²) in [7, 11) is 0. The zero-order valence-electron chi connectivity index (χ0n) is 12.6. The second-order valence-electron chi connectivity index (χ2n) is 6.88. The highest BCUT2D eigenvalue weighted by Gasteiger charge is 2.19. The van der Waals surface area contributed by atoms with Crippen molar-refractivity contribution in [1.29, 1.82) is 0 Å². The molecule has 0 saturated heterocycles.